The molecule has 0 radical (unpaired) electrons. The second kappa shape index (κ2) is 2.61. The molecular formula is C9H12N2. The molecule has 2 heteroatoms. The van der Waals surface area contributed by atoms with Crippen LogP contribution in [0.5, 0.6) is 0 Å². The van der Waals surface area contributed by atoms with E-state index in [1.165, 1.54) is 18.4 Å². The average Bonchev–Trinajstić information content (AvgIpc) is 2.73. The summed E-state index contributed by atoms with van der Waals surface area (Å²) in [6, 6.07) is 0. The van der Waals surface area contributed by atoms with E-state index in [1.54, 1.807) is 0 Å². The van der Waals surface area contributed by atoms with Gasteiger partial charge in [-0.1, -0.05) is 6.08 Å². The van der Waals surface area contributed by atoms with Crippen molar-refractivity contribution in [1.29, 1.82) is 5.41 Å². The molecule has 0 aromatic carbocycles. The summed E-state index contributed by atoms with van der Waals surface area (Å²) >= 11 is 0. The van der Waals surface area contributed by atoms with E-state index in [9.17, 15) is 0 Å². The Hall–Kier alpha value is -0.920. The largest absolute Gasteiger partial charge is 0.287 e. The van der Waals surface area contributed by atoms with Crippen LogP contribution in [-0.4, -0.2) is 12.1 Å². The van der Waals surface area contributed by atoms with Crippen molar-refractivity contribution in [2.75, 3.05) is 0 Å². The van der Waals surface area contributed by atoms with Crippen molar-refractivity contribution in [3.8, 4) is 0 Å². The molecule has 1 N–H and O–H groups in total. The van der Waals surface area contributed by atoms with Gasteiger partial charge in [-0.05, 0) is 30.8 Å². The average molecular weight is 148 g/mol. The van der Waals surface area contributed by atoms with Crippen LogP contribution in [0, 0.1) is 11.3 Å². The summed E-state index contributed by atoms with van der Waals surface area (Å²) < 4.78 is 0. The van der Waals surface area contributed by atoms with Crippen molar-refractivity contribution in [3.05, 3.63) is 11.6 Å². The van der Waals surface area contributed by atoms with Gasteiger partial charge in [0.05, 0.1) is 0 Å². The first-order valence-electron chi connectivity index (χ1n) is 4.18. The molecule has 2 nitrogen and oxygen atoms in total. The molecule has 2 rings (SSSR count). The van der Waals surface area contributed by atoms with Crippen molar-refractivity contribution in [3.63, 3.8) is 0 Å². The molecule has 1 heterocycles. The van der Waals surface area contributed by atoms with Gasteiger partial charge in [0, 0.05) is 12.6 Å². The van der Waals surface area contributed by atoms with Gasteiger partial charge in [0.2, 0.25) is 0 Å². The lowest BCUT2D eigenvalue weighted by Crippen LogP contribution is -1.88. The minimum absolute atomic E-state index is 0.525. The summed E-state index contributed by atoms with van der Waals surface area (Å²) in [4.78, 5) is 4.06. The molecule has 58 valence electrons. The predicted octanol–water partition coefficient (Wildman–Crippen LogP) is 2.16. The maximum atomic E-state index is 7.35. The van der Waals surface area contributed by atoms with Crippen molar-refractivity contribution in [1.82, 2.24) is 0 Å². The van der Waals surface area contributed by atoms with Crippen LogP contribution in [0.25, 0.3) is 0 Å². The van der Waals surface area contributed by atoms with Gasteiger partial charge >= 0.3 is 0 Å². The number of hydrogen-bond acceptors (Lipinski definition) is 1. The summed E-state index contributed by atoms with van der Waals surface area (Å²) in [6.45, 7) is 0. The standard InChI is InChI=1S/C9H12N2/c10-9-3-1-2-8(6-11-9)7-4-5-7/h2,6-7,10H,1,3-5H2. The second-order valence-corrected chi connectivity index (χ2v) is 3.22. The topological polar surface area (TPSA) is 36.2 Å². The Balaban J connectivity index is 2.11. The Morgan fingerprint density at radius 2 is 2.27 bits per heavy atom. The summed E-state index contributed by atoms with van der Waals surface area (Å²) in [7, 11) is 0. The van der Waals surface area contributed by atoms with E-state index in [-0.39, 0.29) is 0 Å². The molecule has 0 aromatic heterocycles. The fourth-order valence-corrected chi connectivity index (χ4v) is 1.33. The molecule has 0 unspecified atom stereocenters. The molecule has 0 aromatic rings. The Kier molecular flexibility index (Phi) is 1.60. The lowest BCUT2D eigenvalue weighted by Gasteiger charge is -1.92. The number of hydrogen-bond donors (Lipinski definition) is 1. The molecule has 1 aliphatic heterocycles. The van der Waals surface area contributed by atoms with E-state index in [4.69, 9.17) is 5.41 Å². The van der Waals surface area contributed by atoms with Crippen molar-refractivity contribution < 1.29 is 0 Å². The lowest BCUT2D eigenvalue weighted by molar-refractivity contribution is 1.02. The third kappa shape index (κ3) is 1.56. The highest BCUT2D eigenvalue weighted by Gasteiger charge is 2.24. The Bertz CT molecular complexity index is 234. The fourth-order valence-electron chi connectivity index (χ4n) is 1.33. The van der Waals surface area contributed by atoms with Gasteiger partial charge < -0.3 is 0 Å². The molecule has 1 fully saturated rings. The molecule has 0 amide bonds. The number of aliphatic imine (C=N–C) groups is 1. The van der Waals surface area contributed by atoms with Gasteiger partial charge in [0.1, 0.15) is 5.84 Å². The highest BCUT2D eigenvalue weighted by atomic mass is 14.8. The Labute approximate surface area is 66.5 Å². The first kappa shape index (κ1) is 6.77. The van der Waals surface area contributed by atoms with E-state index in [0.717, 1.165) is 18.8 Å². The van der Waals surface area contributed by atoms with Crippen LogP contribution in [0.2, 0.25) is 0 Å². The minimum Gasteiger partial charge on any atom is -0.287 e. The van der Waals surface area contributed by atoms with Gasteiger partial charge in [0.15, 0.2) is 0 Å². The molecule has 0 atom stereocenters. The van der Waals surface area contributed by atoms with Crippen molar-refractivity contribution in [2.24, 2.45) is 10.9 Å². The zero-order valence-electron chi connectivity index (χ0n) is 6.51. The molecule has 2 aliphatic rings. The SMILES string of the molecule is N=C1CCC=C(C2CC2)C=N1. The third-order valence-corrected chi connectivity index (χ3v) is 2.18. The van der Waals surface area contributed by atoms with Crippen LogP contribution in [0.4, 0.5) is 0 Å². The number of amidine groups is 1. The number of rotatable bonds is 1. The van der Waals surface area contributed by atoms with Gasteiger partial charge in [-0.2, -0.15) is 0 Å². The summed E-state index contributed by atoms with van der Waals surface area (Å²) in [5, 5.41) is 7.35. The summed E-state index contributed by atoms with van der Waals surface area (Å²) in [6.07, 6.45) is 8.59. The lowest BCUT2D eigenvalue weighted by atomic mass is 10.1. The van der Waals surface area contributed by atoms with Crippen LogP contribution < -0.4 is 0 Å². The third-order valence-electron chi connectivity index (χ3n) is 2.18. The highest BCUT2D eigenvalue weighted by molar-refractivity contribution is 5.94. The fraction of sp³-hybridized carbons (Fsp3) is 0.556. The van der Waals surface area contributed by atoms with Gasteiger partial charge in [0.25, 0.3) is 0 Å². The quantitative estimate of drug-likeness (QED) is 0.591. The van der Waals surface area contributed by atoms with Crippen LogP contribution in [0.15, 0.2) is 16.6 Å². The number of nitrogens with zero attached hydrogens (tertiary/aromatic N) is 1. The summed E-state index contributed by atoms with van der Waals surface area (Å²) in [5.74, 6) is 1.31. The molecule has 1 aliphatic carbocycles. The zero-order chi connectivity index (χ0) is 7.68. The van der Waals surface area contributed by atoms with Crippen molar-refractivity contribution in [2.45, 2.75) is 25.7 Å². The minimum atomic E-state index is 0.525. The van der Waals surface area contributed by atoms with E-state index in [0.29, 0.717) is 5.84 Å². The first-order valence-corrected chi connectivity index (χ1v) is 4.18. The van der Waals surface area contributed by atoms with Crippen LogP contribution in [0.1, 0.15) is 25.7 Å². The van der Waals surface area contributed by atoms with E-state index >= 15 is 0 Å². The Morgan fingerprint density at radius 3 is 3.00 bits per heavy atom. The zero-order valence-corrected chi connectivity index (χ0v) is 6.51. The van der Waals surface area contributed by atoms with Gasteiger partial charge in [-0.15, -0.1) is 0 Å². The van der Waals surface area contributed by atoms with Crippen LogP contribution in [-0.2, 0) is 0 Å². The highest BCUT2D eigenvalue weighted by Crippen LogP contribution is 2.36. The van der Waals surface area contributed by atoms with E-state index < -0.39 is 0 Å². The maximum Gasteiger partial charge on any atom is 0.120 e. The van der Waals surface area contributed by atoms with Crippen molar-refractivity contribution >= 4 is 12.1 Å². The maximum absolute atomic E-state index is 7.35. The summed E-state index contributed by atoms with van der Waals surface area (Å²) in [5.41, 5.74) is 1.37. The monoisotopic (exact) mass is 148 g/mol. The smallest absolute Gasteiger partial charge is 0.120 e. The number of nitrogens with one attached hydrogen (secondary N) is 1. The molecule has 0 bridgehead atoms. The van der Waals surface area contributed by atoms with Gasteiger partial charge in [-0.25, -0.2) is 4.99 Å². The van der Waals surface area contributed by atoms with E-state index in [1.807, 2.05) is 6.21 Å². The van der Waals surface area contributed by atoms with Crippen LogP contribution >= 0.6 is 0 Å². The molecule has 0 saturated heterocycles. The number of allylic oxidation sites excluding steroid dienone is 2. The molecule has 1 saturated carbocycles. The Morgan fingerprint density at radius 1 is 1.45 bits per heavy atom. The molecule has 0 spiro atoms. The van der Waals surface area contributed by atoms with Crippen LogP contribution in [0.3, 0.4) is 0 Å². The predicted molar refractivity (Wildman–Crippen MR) is 46.3 cm³/mol. The molecule has 11 heavy (non-hydrogen) atoms. The first-order chi connectivity index (χ1) is 5.36. The van der Waals surface area contributed by atoms with Gasteiger partial charge in [-0.3, -0.25) is 5.41 Å². The van der Waals surface area contributed by atoms with E-state index in [2.05, 4.69) is 11.1 Å². The molecular weight excluding hydrogens is 136 g/mol. The normalized spacial score (nSPS) is 24.7. The second-order valence-electron chi connectivity index (χ2n) is 3.22.